The van der Waals surface area contributed by atoms with E-state index < -0.39 is 0 Å². The van der Waals surface area contributed by atoms with Crippen LogP contribution in [-0.4, -0.2) is 0 Å². The van der Waals surface area contributed by atoms with Gasteiger partial charge < -0.3 is 4.90 Å². The maximum atomic E-state index is 2.36. The first-order valence-electron chi connectivity index (χ1n) is 13.3. The van der Waals surface area contributed by atoms with Crippen molar-refractivity contribution < 1.29 is 0 Å². The summed E-state index contributed by atoms with van der Waals surface area (Å²) in [5, 5.41) is 5.18. The van der Waals surface area contributed by atoms with E-state index in [0.717, 1.165) is 17.1 Å². The number of para-hydroxylation sites is 2. The molecule has 1 nitrogen and oxygen atoms in total. The molecule has 1 aromatic heterocycles. The summed E-state index contributed by atoms with van der Waals surface area (Å²) in [5.41, 5.74) is 7.33. The lowest BCUT2D eigenvalue weighted by Gasteiger charge is -2.25. The van der Waals surface area contributed by atoms with E-state index >= 15 is 0 Å². The van der Waals surface area contributed by atoms with E-state index in [-0.39, 0.29) is 0 Å². The molecule has 0 saturated carbocycles. The van der Waals surface area contributed by atoms with Crippen LogP contribution in [0.25, 0.3) is 42.4 Å². The molecule has 2 heteroatoms. The molecular weight excluding hydrogens is 490 g/mol. The molecular formula is C37H27NS. The summed E-state index contributed by atoms with van der Waals surface area (Å²) in [6.45, 7) is 2.23. The average Bonchev–Trinajstić information content (AvgIpc) is 3.38. The molecule has 0 unspecified atom stereocenters. The van der Waals surface area contributed by atoms with Crippen molar-refractivity contribution >= 4 is 49.9 Å². The maximum absolute atomic E-state index is 2.36. The van der Waals surface area contributed by atoms with Crippen molar-refractivity contribution in [1.29, 1.82) is 0 Å². The van der Waals surface area contributed by atoms with Gasteiger partial charge in [0.1, 0.15) is 0 Å². The second-order valence-corrected chi connectivity index (χ2v) is 10.9. The van der Waals surface area contributed by atoms with Crippen LogP contribution in [0.4, 0.5) is 17.1 Å². The molecule has 0 atom stereocenters. The first-order valence-corrected chi connectivity index (χ1v) is 14.1. The molecule has 0 spiro atoms. The Morgan fingerprint density at radius 1 is 0.487 bits per heavy atom. The number of thiophene rings is 1. The van der Waals surface area contributed by atoms with Gasteiger partial charge in [0, 0.05) is 32.4 Å². The Hall–Kier alpha value is -4.66. The molecule has 1 heterocycles. The van der Waals surface area contributed by atoms with Gasteiger partial charge >= 0.3 is 0 Å². The van der Waals surface area contributed by atoms with Crippen molar-refractivity contribution in [2.24, 2.45) is 0 Å². The van der Waals surface area contributed by atoms with E-state index in [0.29, 0.717) is 0 Å². The summed E-state index contributed by atoms with van der Waals surface area (Å²) >= 11 is 1.89. The van der Waals surface area contributed by atoms with Crippen LogP contribution >= 0.6 is 11.3 Å². The van der Waals surface area contributed by atoms with E-state index in [1.165, 1.54) is 48.0 Å². The summed E-state index contributed by atoms with van der Waals surface area (Å²) in [6, 6.07) is 52.3. The Balaban J connectivity index is 1.32. The van der Waals surface area contributed by atoms with Gasteiger partial charge in [-0.1, -0.05) is 97.1 Å². The molecule has 0 bridgehead atoms. The second-order valence-electron chi connectivity index (χ2n) is 9.87. The highest BCUT2D eigenvalue weighted by atomic mass is 32.1. The number of benzene rings is 6. The fourth-order valence-corrected chi connectivity index (χ4v) is 6.79. The van der Waals surface area contributed by atoms with Gasteiger partial charge in [0.05, 0.1) is 0 Å². The number of nitrogens with zero attached hydrogens (tertiary/aromatic N) is 1. The number of hydrogen-bond acceptors (Lipinski definition) is 2. The van der Waals surface area contributed by atoms with Crippen LogP contribution in [0.1, 0.15) is 5.56 Å². The van der Waals surface area contributed by atoms with Crippen LogP contribution in [0.2, 0.25) is 0 Å². The summed E-state index contributed by atoms with van der Waals surface area (Å²) < 4.78 is 0. The summed E-state index contributed by atoms with van der Waals surface area (Å²) in [6.07, 6.45) is 0. The van der Waals surface area contributed by atoms with Crippen molar-refractivity contribution in [2.45, 2.75) is 6.92 Å². The van der Waals surface area contributed by atoms with Crippen molar-refractivity contribution in [3.63, 3.8) is 0 Å². The van der Waals surface area contributed by atoms with Gasteiger partial charge in [-0.3, -0.25) is 0 Å². The van der Waals surface area contributed by atoms with E-state index in [4.69, 9.17) is 0 Å². The Kier molecular flexibility index (Phi) is 5.96. The van der Waals surface area contributed by atoms with Gasteiger partial charge in [0.25, 0.3) is 0 Å². The maximum Gasteiger partial charge on any atom is 0.0462 e. The minimum atomic E-state index is 1.14. The Labute approximate surface area is 233 Å². The first kappa shape index (κ1) is 23.5. The van der Waals surface area contributed by atoms with Crippen LogP contribution in [-0.2, 0) is 0 Å². The highest BCUT2D eigenvalue weighted by Gasteiger charge is 2.16. The molecule has 7 rings (SSSR count). The van der Waals surface area contributed by atoms with Crippen LogP contribution in [0, 0.1) is 6.92 Å². The SMILES string of the molecule is Cc1cc(-c2c3ccccc3cc3ccccc23)sc1-c1ccc(N(c2ccccc2)c2ccccc2)cc1. The van der Waals surface area contributed by atoms with Crippen LogP contribution in [0.3, 0.4) is 0 Å². The molecule has 186 valence electrons. The van der Waals surface area contributed by atoms with Crippen molar-refractivity contribution in [3.8, 4) is 20.9 Å². The number of rotatable bonds is 5. The number of hydrogen-bond donors (Lipinski definition) is 0. The fourth-order valence-electron chi connectivity index (χ4n) is 5.53. The highest BCUT2D eigenvalue weighted by molar-refractivity contribution is 7.19. The van der Waals surface area contributed by atoms with E-state index in [2.05, 4.69) is 157 Å². The van der Waals surface area contributed by atoms with E-state index in [1.807, 2.05) is 11.3 Å². The molecule has 0 radical (unpaired) electrons. The third-order valence-corrected chi connectivity index (χ3v) is 8.66. The lowest BCUT2D eigenvalue weighted by atomic mass is 9.95. The van der Waals surface area contributed by atoms with Gasteiger partial charge in [-0.2, -0.15) is 0 Å². The zero-order chi connectivity index (χ0) is 26.2. The molecule has 0 fully saturated rings. The van der Waals surface area contributed by atoms with Gasteiger partial charge in [0.15, 0.2) is 0 Å². The van der Waals surface area contributed by atoms with Crippen molar-refractivity contribution in [3.05, 3.63) is 151 Å². The first-order chi connectivity index (χ1) is 19.3. The van der Waals surface area contributed by atoms with Crippen molar-refractivity contribution in [1.82, 2.24) is 0 Å². The molecule has 0 amide bonds. The third kappa shape index (κ3) is 4.29. The summed E-state index contributed by atoms with van der Waals surface area (Å²) in [5.74, 6) is 0. The fraction of sp³-hybridized carbons (Fsp3) is 0.0270. The third-order valence-electron chi connectivity index (χ3n) is 7.35. The van der Waals surface area contributed by atoms with Crippen LogP contribution in [0.5, 0.6) is 0 Å². The number of aryl methyl sites for hydroxylation is 1. The molecule has 0 aliphatic carbocycles. The molecule has 39 heavy (non-hydrogen) atoms. The molecule has 0 saturated heterocycles. The van der Waals surface area contributed by atoms with Crippen LogP contribution in [0.15, 0.2) is 146 Å². The molecule has 0 aliphatic rings. The van der Waals surface area contributed by atoms with E-state index in [9.17, 15) is 0 Å². The Morgan fingerprint density at radius 2 is 0.974 bits per heavy atom. The molecule has 6 aromatic carbocycles. The highest BCUT2D eigenvalue weighted by Crippen LogP contribution is 2.44. The zero-order valence-corrected chi connectivity index (χ0v) is 22.5. The lowest BCUT2D eigenvalue weighted by molar-refractivity contribution is 1.28. The standard InChI is InChI=1S/C37H27NS/c1-26-24-35(36-33-18-10-8-12-28(33)25-29-13-9-11-19-34(29)36)39-37(26)27-20-22-32(23-21-27)38(30-14-4-2-5-15-30)31-16-6-3-7-17-31/h2-25H,1H3. The Bertz CT molecular complexity index is 1810. The minimum Gasteiger partial charge on any atom is -0.311 e. The molecule has 0 N–H and O–H groups in total. The van der Waals surface area contributed by atoms with Crippen molar-refractivity contribution in [2.75, 3.05) is 4.90 Å². The largest absolute Gasteiger partial charge is 0.311 e. The van der Waals surface area contributed by atoms with Gasteiger partial charge in [-0.25, -0.2) is 0 Å². The number of fused-ring (bicyclic) bond motifs is 2. The summed E-state index contributed by atoms with van der Waals surface area (Å²) in [7, 11) is 0. The predicted molar refractivity (Wildman–Crippen MR) is 170 cm³/mol. The normalized spacial score (nSPS) is 11.2. The minimum absolute atomic E-state index is 1.14. The quantitative estimate of drug-likeness (QED) is 0.205. The van der Waals surface area contributed by atoms with Gasteiger partial charge in [-0.15, -0.1) is 11.3 Å². The Morgan fingerprint density at radius 3 is 1.54 bits per heavy atom. The van der Waals surface area contributed by atoms with Gasteiger partial charge in [0.2, 0.25) is 0 Å². The average molecular weight is 518 g/mol. The lowest BCUT2D eigenvalue weighted by Crippen LogP contribution is -2.09. The predicted octanol–water partition coefficient (Wildman–Crippen LogP) is 11.2. The monoisotopic (exact) mass is 517 g/mol. The van der Waals surface area contributed by atoms with Gasteiger partial charge in [-0.05, 0) is 88.1 Å². The second kappa shape index (κ2) is 9.90. The van der Waals surface area contributed by atoms with E-state index in [1.54, 1.807) is 0 Å². The topological polar surface area (TPSA) is 3.24 Å². The molecule has 0 aliphatic heterocycles. The molecule has 7 aromatic rings. The summed E-state index contributed by atoms with van der Waals surface area (Å²) in [4.78, 5) is 4.94. The zero-order valence-electron chi connectivity index (χ0n) is 21.7. The van der Waals surface area contributed by atoms with Crippen LogP contribution < -0.4 is 4.90 Å². The number of anilines is 3. The smallest absolute Gasteiger partial charge is 0.0462 e.